The van der Waals surface area contributed by atoms with E-state index in [2.05, 4.69) is 0 Å². The molecule has 2 aliphatic carbocycles. The molecule has 0 amide bonds. The van der Waals surface area contributed by atoms with E-state index in [0.29, 0.717) is 0 Å². The zero-order valence-electron chi connectivity index (χ0n) is 7.78. The summed E-state index contributed by atoms with van der Waals surface area (Å²) in [7, 11) is 0. The maximum absolute atomic E-state index is 1.50. The van der Waals surface area contributed by atoms with Gasteiger partial charge in [0.1, 0.15) is 0 Å². The molecule has 12 heavy (non-hydrogen) atoms. The van der Waals surface area contributed by atoms with Gasteiger partial charge in [-0.1, -0.05) is 78.1 Å². The minimum absolute atomic E-state index is 0. The Kier molecular flexibility index (Phi) is 9.09. The lowest BCUT2D eigenvalue weighted by molar-refractivity contribution is 0.504. The van der Waals surface area contributed by atoms with Crippen LogP contribution in [0.2, 0.25) is 0 Å². The second kappa shape index (κ2) is 9.09. The smallest absolute Gasteiger partial charge is 0.0533 e. The predicted octanol–water partition coefficient (Wildman–Crippen LogP) is 4.93. The van der Waals surface area contributed by atoms with E-state index < -0.39 is 0 Å². The Morgan fingerprint density at radius 1 is 0.250 bits per heavy atom. The second-order valence-corrected chi connectivity index (χ2v) is 3.89. The normalized spacial score (nSPS) is 22.0. The molecule has 0 aromatic heterocycles. The van der Waals surface area contributed by atoms with E-state index in [1.54, 1.807) is 0 Å². The molecule has 0 spiro atoms. The lowest BCUT2D eigenvalue weighted by Gasteiger charge is -2.05. The molecule has 0 nitrogen and oxygen atoms in total. The van der Waals surface area contributed by atoms with Gasteiger partial charge >= 0.3 is 0 Å². The van der Waals surface area contributed by atoms with Crippen LogP contribution in [-0.4, -0.2) is 0 Å². The Balaban J connectivity index is 0.000000189. The third-order valence-corrected chi connectivity index (χ3v) is 2.75. The fraction of sp³-hybridized carbons (Fsp3) is 1.00. The fourth-order valence-corrected chi connectivity index (χ4v) is 1.94. The van der Waals surface area contributed by atoms with Crippen LogP contribution in [0.1, 0.15) is 78.1 Å². The van der Waals surface area contributed by atoms with E-state index in [1.807, 2.05) is 0 Å². The highest BCUT2D eigenvalue weighted by Crippen LogP contribution is 2.15. The fourth-order valence-electron chi connectivity index (χ4n) is 1.94. The summed E-state index contributed by atoms with van der Waals surface area (Å²) >= 11 is 0. The molecule has 2 aliphatic rings. The molecule has 0 saturated heterocycles. The first kappa shape index (κ1) is 12.0. The zero-order chi connectivity index (χ0) is 7.78. The third kappa shape index (κ3) is 6.69. The van der Waals surface area contributed by atoms with E-state index >= 15 is 0 Å². The van der Waals surface area contributed by atoms with Gasteiger partial charge in [-0.3, -0.25) is 0 Å². The minimum Gasteiger partial charge on any atom is -0.0776 e. The maximum atomic E-state index is 1.50. The summed E-state index contributed by atoms with van der Waals surface area (Å²) < 4.78 is 0. The van der Waals surface area contributed by atoms with Gasteiger partial charge in [0.15, 0.2) is 0 Å². The molecule has 0 radical (unpaired) electrons. The van der Waals surface area contributed by atoms with Crippen LogP contribution >= 0.6 is 0 Å². The SMILES string of the molecule is C.C1CCCC1.C1CCCCC1. The lowest BCUT2D eigenvalue weighted by Crippen LogP contribution is -1.85. The predicted molar refractivity (Wildman–Crippen MR) is 57.5 cm³/mol. The topological polar surface area (TPSA) is 0 Å². The van der Waals surface area contributed by atoms with Crippen LogP contribution in [0.15, 0.2) is 0 Å². The van der Waals surface area contributed by atoms with E-state index in [0.717, 1.165) is 0 Å². The largest absolute Gasteiger partial charge is 0.0776 e. The molecule has 2 rings (SSSR count). The Hall–Kier alpha value is 0. The third-order valence-electron chi connectivity index (χ3n) is 2.75. The standard InChI is InChI=1S/C6H12.C5H10.CH4/c1-2-4-6-5-3-1;1-2-4-5-3-1;/h1-6H2;1-5H2;1H4. The van der Waals surface area contributed by atoms with Crippen LogP contribution in [0.4, 0.5) is 0 Å². The van der Waals surface area contributed by atoms with E-state index in [1.165, 1.54) is 70.6 Å². The first-order valence-corrected chi connectivity index (χ1v) is 5.50. The molecule has 0 aromatic rings. The first-order valence-electron chi connectivity index (χ1n) is 5.50. The Bertz CT molecular complexity index is 49.0. The molecule has 0 N–H and O–H groups in total. The van der Waals surface area contributed by atoms with Crippen molar-refractivity contribution in [3.8, 4) is 0 Å². The van der Waals surface area contributed by atoms with E-state index in [9.17, 15) is 0 Å². The van der Waals surface area contributed by atoms with Crippen molar-refractivity contribution < 1.29 is 0 Å². The van der Waals surface area contributed by atoms with Crippen molar-refractivity contribution in [3.05, 3.63) is 0 Å². The van der Waals surface area contributed by atoms with Crippen molar-refractivity contribution in [3.63, 3.8) is 0 Å². The highest BCUT2D eigenvalue weighted by atomic mass is 14.0. The van der Waals surface area contributed by atoms with Crippen molar-refractivity contribution in [2.24, 2.45) is 0 Å². The molecule has 0 heterocycles. The van der Waals surface area contributed by atoms with Gasteiger partial charge in [-0.25, -0.2) is 0 Å². The second-order valence-electron chi connectivity index (χ2n) is 3.89. The lowest BCUT2D eigenvalue weighted by atomic mass is 10.0. The molecular weight excluding hydrogens is 144 g/mol. The summed E-state index contributed by atoms with van der Waals surface area (Å²) in [4.78, 5) is 0. The average molecular weight is 170 g/mol. The summed E-state index contributed by atoms with van der Waals surface area (Å²) in [6.45, 7) is 0. The van der Waals surface area contributed by atoms with Crippen molar-refractivity contribution in [2.45, 2.75) is 78.1 Å². The molecule has 0 aromatic carbocycles. The van der Waals surface area contributed by atoms with Gasteiger partial charge in [-0.05, 0) is 0 Å². The van der Waals surface area contributed by atoms with Gasteiger partial charge < -0.3 is 0 Å². The quantitative estimate of drug-likeness (QED) is 0.483. The molecule has 2 saturated carbocycles. The Morgan fingerprint density at radius 2 is 0.333 bits per heavy atom. The average Bonchev–Trinajstić information content (AvgIpc) is 2.64. The number of hydrogen-bond acceptors (Lipinski definition) is 0. The number of rotatable bonds is 0. The molecule has 74 valence electrons. The monoisotopic (exact) mass is 170 g/mol. The van der Waals surface area contributed by atoms with Gasteiger partial charge in [0.2, 0.25) is 0 Å². The summed E-state index contributed by atoms with van der Waals surface area (Å²) in [5.41, 5.74) is 0. The van der Waals surface area contributed by atoms with Crippen LogP contribution < -0.4 is 0 Å². The summed E-state index contributed by atoms with van der Waals surface area (Å²) in [5.74, 6) is 0. The van der Waals surface area contributed by atoms with Crippen molar-refractivity contribution in [1.82, 2.24) is 0 Å². The molecule has 2 fully saturated rings. The Labute approximate surface area is 78.8 Å². The molecular formula is C12H26. The molecule has 0 heteroatoms. The van der Waals surface area contributed by atoms with Gasteiger partial charge in [0.25, 0.3) is 0 Å². The van der Waals surface area contributed by atoms with E-state index in [4.69, 9.17) is 0 Å². The van der Waals surface area contributed by atoms with Gasteiger partial charge in [0.05, 0.1) is 0 Å². The van der Waals surface area contributed by atoms with Crippen LogP contribution in [0.5, 0.6) is 0 Å². The van der Waals surface area contributed by atoms with Gasteiger partial charge in [0, 0.05) is 0 Å². The van der Waals surface area contributed by atoms with Crippen molar-refractivity contribution in [2.75, 3.05) is 0 Å². The van der Waals surface area contributed by atoms with Crippen molar-refractivity contribution >= 4 is 0 Å². The van der Waals surface area contributed by atoms with Gasteiger partial charge in [-0.15, -0.1) is 0 Å². The van der Waals surface area contributed by atoms with Crippen LogP contribution in [0.25, 0.3) is 0 Å². The molecule has 0 unspecified atom stereocenters. The Morgan fingerprint density at radius 3 is 0.417 bits per heavy atom. The summed E-state index contributed by atoms with van der Waals surface area (Å²) in [5, 5.41) is 0. The molecule has 0 bridgehead atoms. The number of hydrogen-bond donors (Lipinski definition) is 0. The first-order chi connectivity index (χ1) is 5.50. The summed E-state index contributed by atoms with van der Waals surface area (Å²) in [6, 6.07) is 0. The minimum atomic E-state index is 0. The van der Waals surface area contributed by atoms with Crippen LogP contribution in [0.3, 0.4) is 0 Å². The highest BCUT2D eigenvalue weighted by molar-refractivity contribution is 4.51. The van der Waals surface area contributed by atoms with Gasteiger partial charge in [-0.2, -0.15) is 0 Å². The maximum Gasteiger partial charge on any atom is -0.0533 e. The van der Waals surface area contributed by atoms with Crippen molar-refractivity contribution in [1.29, 1.82) is 0 Å². The van der Waals surface area contributed by atoms with Crippen LogP contribution in [-0.2, 0) is 0 Å². The molecule has 0 atom stereocenters. The van der Waals surface area contributed by atoms with E-state index in [-0.39, 0.29) is 7.43 Å². The zero-order valence-corrected chi connectivity index (χ0v) is 7.78. The van der Waals surface area contributed by atoms with Crippen LogP contribution in [0, 0.1) is 0 Å². The summed E-state index contributed by atoms with van der Waals surface area (Å²) in [6.07, 6.45) is 16.5. The molecule has 0 aliphatic heterocycles. The highest BCUT2D eigenvalue weighted by Gasteiger charge is 1.95.